The van der Waals surface area contributed by atoms with Crippen molar-refractivity contribution < 1.29 is 17.9 Å². The third kappa shape index (κ3) is 3.32. The minimum Gasteiger partial charge on any atom is -0.381 e. The van der Waals surface area contributed by atoms with Crippen molar-refractivity contribution in [1.82, 2.24) is 9.71 Å². The number of rotatable bonds is 5. The first-order chi connectivity index (χ1) is 10.6. The first kappa shape index (κ1) is 15.9. The van der Waals surface area contributed by atoms with Gasteiger partial charge in [0.1, 0.15) is 5.25 Å². The number of hydrogen-bond donors (Lipinski definition) is 1. The Balaban J connectivity index is 1.76. The molecule has 6 nitrogen and oxygen atoms in total. The fourth-order valence-corrected chi connectivity index (χ4v) is 4.47. The van der Waals surface area contributed by atoms with Gasteiger partial charge >= 0.3 is 0 Å². The smallest absolute Gasteiger partial charge is 0.216 e. The number of nitrogens with zero attached hydrogens (tertiary/aromatic N) is 1. The number of aromatic nitrogens is 1. The van der Waals surface area contributed by atoms with E-state index in [0.717, 1.165) is 18.5 Å². The van der Waals surface area contributed by atoms with E-state index in [9.17, 15) is 8.42 Å². The van der Waals surface area contributed by atoms with Crippen LogP contribution in [0.15, 0.2) is 24.4 Å². The van der Waals surface area contributed by atoms with Crippen LogP contribution in [0.2, 0.25) is 0 Å². The summed E-state index contributed by atoms with van der Waals surface area (Å²) in [6, 6.07) is 5.79. The summed E-state index contributed by atoms with van der Waals surface area (Å²) < 4.78 is 38.3. The van der Waals surface area contributed by atoms with Gasteiger partial charge in [0.05, 0.1) is 6.61 Å². The molecular formula is C15H22N2O4S. The Kier molecular flexibility index (Phi) is 4.77. The summed E-state index contributed by atoms with van der Waals surface area (Å²) in [5, 5.41) is -0.437. The lowest BCUT2D eigenvalue weighted by atomic mass is 9.77. The molecule has 0 radical (unpaired) electrons. The van der Waals surface area contributed by atoms with Gasteiger partial charge in [-0.15, -0.1) is 0 Å². The molecule has 2 aliphatic heterocycles. The molecule has 22 heavy (non-hydrogen) atoms. The number of ether oxygens (including phenoxy) is 2. The van der Waals surface area contributed by atoms with E-state index < -0.39 is 15.3 Å². The van der Waals surface area contributed by atoms with Crippen molar-refractivity contribution in [1.29, 1.82) is 0 Å². The highest BCUT2D eigenvalue weighted by molar-refractivity contribution is 7.90. The maximum Gasteiger partial charge on any atom is 0.216 e. The molecular weight excluding hydrogens is 304 g/mol. The van der Waals surface area contributed by atoms with Crippen molar-refractivity contribution in [3.05, 3.63) is 30.1 Å². The summed E-state index contributed by atoms with van der Waals surface area (Å²) in [6.45, 7) is 2.43. The molecule has 0 amide bonds. The van der Waals surface area contributed by atoms with Gasteiger partial charge in [-0.3, -0.25) is 4.98 Å². The highest BCUT2D eigenvalue weighted by atomic mass is 32.2. The van der Waals surface area contributed by atoms with Crippen molar-refractivity contribution in [3.8, 4) is 0 Å². The van der Waals surface area contributed by atoms with Gasteiger partial charge in [0.25, 0.3) is 0 Å². The number of sulfonamides is 1. The summed E-state index contributed by atoms with van der Waals surface area (Å²) in [6.07, 6.45) is 3.86. The van der Waals surface area contributed by atoms with Crippen molar-refractivity contribution in [2.24, 2.45) is 0 Å². The molecule has 1 aromatic rings. The molecule has 2 fully saturated rings. The number of hydrogen-bond acceptors (Lipinski definition) is 5. The molecule has 0 aromatic carbocycles. The van der Waals surface area contributed by atoms with Gasteiger partial charge in [-0.05, 0) is 31.4 Å². The molecule has 1 aromatic heterocycles. The second kappa shape index (κ2) is 6.62. The monoisotopic (exact) mass is 326 g/mol. The van der Waals surface area contributed by atoms with Crippen LogP contribution < -0.4 is 4.72 Å². The molecule has 1 unspecified atom stereocenters. The zero-order valence-corrected chi connectivity index (χ0v) is 13.3. The summed E-state index contributed by atoms with van der Waals surface area (Å²) >= 11 is 0. The lowest BCUT2D eigenvalue weighted by Gasteiger charge is -2.37. The molecule has 0 saturated carbocycles. The maximum atomic E-state index is 12.4. The van der Waals surface area contributed by atoms with Gasteiger partial charge in [0, 0.05) is 43.7 Å². The van der Waals surface area contributed by atoms with Crippen molar-refractivity contribution in [2.45, 2.75) is 29.9 Å². The highest BCUT2D eigenvalue weighted by Crippen LogP contribution is 2.33. The van der Waals surface area contributed by atoms with Crippen LogP contribution in [-0.2, 0) is 24.9 Å². The van der Waals surface area contributed by atoms with Crippen LogP contribution in [0.5, 0.6) is 0 Å². The maximum absolute atomic E-state index is 12.4. The summed E-state index contributed by atoms with van der Waals surface area (Å²) in [5.41, 5.74) is 0.648. The number of pyridine rings is 1. The third-order valence-corrected chi connectivity index (χ3v) is 6.39. The van der Waals surface area contributed by atoms with Gasteiger partial charge in [-0.25, -0.2) is 13.1 Å². The van der Waals surface area contributed by atoms with Crippen LogP contribution in [0.3, 0.4) is 0 Å². The Hall–Kier alpha value is -1.02. The number of nitrogens with one attached hydrogen (secondary N) is 1. The Bertz CT molecular complexity index is 579. The first-order valence-electron chi connectivity index (χ1n) is 7.68. The molecule has 3 rings (SSSR count). The molecule has 2 saturated heterocycles. The molecule has 1 N–H and O–H groups in total. The second-order valence-electron chi connectivity index (χ2n) is 5.96. The molecule has 1 atom stereocenters. The van der Waals surface area contributed by atoms with Crippen LogP contribution >= 0.6 is 0 Å². The largest absolute Gasteiger partial charge is 0.381 e. The normalized spacial score (nSPS) is 25.2. The molecule has 0 bridgehead atoms. The average molecular weight is 326 g/mol. The van der Waals surface area contributed by atoms with Crippen LogP contribution in [0.1, 0.15) is 25.0 Å². The van der Waals surface area contributed by atoms with E-state index in [1.807, 2.05) is 18.2 Å². The standard InChI is InChI=1S/C15H22N2O4S/c18-22(19,13-4-8-21-11-13)17-12-15(5-9-20-10-6-15)14-3-1-2-7-16-14/h1-3,7,13,17H,4-6,8-12H2. The highest BCUT2D eigenvalue weighted by Gasteiger charge is 2.38. The molecule has 3 heterocycles. The van der Waals surface area contributed by atoms with Gasteiger partial charge in [0.2, 0.25) is 10.0 Å². The first-order valence-corrected chi connectivity index (χ1v) is 9.23. The second-order valence-corrected chi connectivity index (χ2v) is 8.00. The molecule has 0 spiro atoms. The van der Waals surface area contributed by atoms with Crippen molar-refractivity contribution in [2.75, 3.05) is 33.0 Å². The van der Waals surface area contributed by atoms with E-state index in [1.165, 1.54) is 0 Å². The summed E-state index contributed by atoms with van der Waals surface area (Å²) in [4.78, 5) is 4.46. The minimum absolute atomic E-state index is 0.286. The quantitative estimate of drug-likeness (QED) is 0.867. The van der Waals surface area contributed by atoms with E-state index in [-0.39, 0.29) is 12.0 Å². The Labute approximate surface area is 131 Å². The third-order valence-electron chi connectivity index (χ3n) is 4.60. The fourth-order valence-electron chi connectivity index (χ4n) is 3.08. The zero-order chi connectivity index (χ0) is 15.5. The Morgan fingerprint density at radius 1 is 1.23 bits per heavy atom. The van der Waals surface area contributed by atoms with Crippen LogP contribution in [0.25, 0.3) is 0 Å². The van der Waals surface area contributed by atoms with Gasteiger partial charge in [-0.1, -0.05) is 6.07 Å². The van der Waals surface area contributed by atoms with E-state index in [0.29, 0.717) is 32.8 Å². The Morgan fingerprint density at radius 3 is 2.68 bits per heavy atom. The molecule has 7 heteroatoms. The van der Waals surface area contributed by atoms with Gasteiger partial charge in [0.15, 0.2) is 0 Å². The summed E-state index contributed by atoms with van der Waals surface area (Å²) in [5.74, 6) is 0. The van der Waals surface area contributed by atoms with E-state index in [4.69, 9.17) is 9.47 Å². The van der Waals surface area contributed by atoms with Crippen LogP contribution in [-0.4, -0.2) is 51.6 Å². The zero-order valence-electron chi connectivity index (χ0n) is 12.5. The predicted octanol–water partition coefficient (Wildman–Crippen LogP) is 0.838. The van der Waals surface area contributed by atoms with E-state index in [2.05, 4.69) is 9.71 Å². The fraction of sp³-hybridized carbons (Fsp3) is 0.667. The lowest BCUT2D eigenvalue weighted by Crippen LogP contribution is -2.47. The van der Waals surface area contributed by atoms with Crippen LogP contribution in [0.4, 0.5) is 0 Å². The predicted molar refractivity (Wildman–Crippen MR) is 82.1 cm³/mol. The van der Waals surface area contributed by atoms with Gasteiger partial charge < -0.3 is 9.47 Å². The molecule has 2 aliphatic rings. The average Bonchev–Trinajstić information content (AvgIpc) is 3.10. The molecule has 122 valence electrons. The SMILES string of the molecule is O=S(=O)(NCC1(c2ccccn2)CCOCC1)C1CCOC1. The van der Waals surface area contributed by atoms with Crippen molar-refractivity contribution in [3.63, 3.8) is 0 Å². The topological polar surface area (TPSA) is 77.5 Å². The van der Waals surface area contributed by atoms with Gasteiger partial charge in [-0.2, -0.15) is 0 Å². The lowest BCUT2D eigenvalue weighted by molar-refractivity contribution is 0.0502. The molecule has 0 aliphatic carbocycles. The van der Waals surface area contributed by atoms with E-state index >= 15 is 0 Å². The van der Waals surface area contributed by atoms with Crippen LogP contribution in [0, 0.1) is 0 Å². The minimum atomic E-state index is -3.35. The Morgan fingerprint density at radius 2 is 2.05 bits per heavy atom. The van der Waals surface area contributed by atoms with Crippen molar-refractivity contribution >= 4 is 10.0 Å². The van der Waals surface area contributed by atoms with E-state index in [1.54, 1.807) is 6.20 Å². The summed E-state index contributed by atoms with van der Waals surface area (Å²) in [7, 11) is -3.35.